The monoisotopic (exact) mass is 332 g/mol. The largest absolute Gasteiger partial charge is 0.416 e. The molecule has 0 unspecified atom stereocenters. The van der Waals surface area contributed by atoms with Crippen molar-refractivity contribution in [2.75, 3.05) is 0 Å². The summed E-state index contributed by atoms with van der Waals surface area (Å²) in [6.45, 7) is 0. The van der Waals surface area contributed by atoms with Crippen molar-refractivity contribution < 1.29 is 18.0 Å². The second-order valence-electron chi connectivity index (χ2n) is 4.38. The normalized spacial score (nSPS) is 11.5. The lowest BCUT2D eigenvalue weighted by molar-refractivity contribution is -0.137. The van der Waals surface area contributed by atoms with Gasteiger partial charge in [0.25, 0.3) is 0 Å². The number of ketones is 1. The molecule has 0 fully saturated rings. The van der Waals surface area contributed by atoms with Crippen LogP contribution in [0.25, 0.3) is 0 Å². The molecule has 2 aromatic carbocycles. The number of rotatable bonds is 3. The quantitative estimate of drug-likeness (QED) is 0.684. The molecule has 0 heterocycles. The highest BCUT2D eigenvalue weighted by Gasteiger charge is 2.30. The summed E-state index contributed by atoms with van der Waals surface area (Å²) in [4.78, 5) is 12.1. The fourth-order valence-electron chi connectivity index (χ4n) is 1.83. The minimum absolute atomic E-state index is 0.0270. The molecule has 0 N–H and O–H groups in total. The van der Waals surface area contributed by atoms with E-state index in [9.17, 15) is 18.0 Å². The molecular weight excluding hydrogens is 324 g/mol. The average Bonchev–Trinajstić information content (AvgIpc) is 2.42. The van der Waals surface area contributed by atoms with E-state index < -0.39 is 17.5 Å². The Balaban J connectivity index is 2.29. The molecule has 1 nitrogen and oxygen atoms in total. The Bertz CT molecular complexity index is 661. The molecule has 0 saturated heterocycles. The number of Topliss-reactive ketones (excluding diaryl/α,β-unsaturated/α-hetero) is 1. The summed E-state index contributed by atoms with van der Waals surface area (Å²) < 4.78 is 37.9. The molecular formula is C15H9Cl2F3O. The molecule has 0 aliphatic rings. The Morgan fingerprint density at radius 2 is 1.57 bits per heavy atom. The zero-order chi connectivity index (χ0) is 15.6. The van der Waals surface area contributed by atoms with Gasteiger partial charge in [0.05, 0.1) is 5.56 Å². The van der Waals surface area contributed by atoms with Gasteiger partial charge in [0, 0.05) is 22.0 Å². The second kappa shape index (κ2) is 6.08. The number of halogens is 5. The second-order valence-corrected chi connectivity index (χ2v) is 5.19. The van der Waals surface area contributed by atoms with Crippen LogP contribution in [0.4, 0.5) is 13.2 Å². The molecule has 0 aromatic heterocycles. The molecule has 0 aliphatic heterocycles. The lowest BCUT2D eigenvalue weighted by atomic mass is 10.0. The Kier molecular flexibility index (Phi) is 4.59. The van der Waals surface area contributed by atoms with Crippen molar-refractivity contribution in [3.05, 3.63) is 69.2 Å². The number of hydrogen-bond donors (Lipinski definition) is 0. The Labute approximate surface area is 129 Å². The van der Waals surface area contributed by atoms with Crippen molar-refractivity contribution in [2.24, 2.45) is 0 Å². The van der Waals surface area contributed by atoms with E-state index >= 15 is 0 Å². The van der Waals surface area contributed by atoms with Crippen molar-refractivity contribution in [1.29, 1.82) is 0 Å². The summed E-state index contributed by atoms with van der Waals surface area (Å²) in [5, 5.41) is 0.616. The van der Waals surface area contributed by atoms with Gasteiger partial charge in [-0.25, -0.2) is 0 Å². The van der Waals surface area contributed by atoms with E-state index in [1.807, 2.05) is 0 Å². The highest BCUT2D eigenvalue weighted by Crippen LogP contribution is 2.30. The molecule has 0 amide bonds. The highest BCUT2D eigenvalue weighted by molar-refractivity contribution is 6.36. The SMILES string of the molecule is O=C(Cc1c(Cl)cccc1Cl)c1cccc(C(F)(F)F)c1. The van der Waals surface area contributed by atoms with Crippen molar-refractivity contribution in [1.82, 2.24) is 0 Å². The molecule has 0 bridgehead atoms. The van der Waals surface area contributed by atoms with Gasteiger partial charge in [0.15, 0.2) is 5.78 Å². The van der Waals surface area contributed by atoms with Crippen LogP contribution < -0.4 is 0 Å². The first-order valence-electron chi connectivity index (χ1n) is 5.92. The lowest BCUT2D eigenvalue weighted by Crippen LogP contribution is -2.09. The Morgan fingerprint density at radius 1 is 1.00 bits per heavy atom. The van der Waals surface area contributed by atoms with E-state index in [1.54, 1.807) is 18.2 Å². The summed E-state index contributed by atoms with van der Waals surface area (Å²) >= 11 is 11.9. The van der Waals surface area contributed by atoms with Crippen LogP contribution >= 0.6 is 23.2 Å². The highest BCUT2D eigenvalue weighted by atomic mass is 35.5. The average molecular weight is 333 g/mol. The van der Waals surface area contributed by atoms with Crippen molar-refractivity contribution in [3.8, 4) is 0 Å². The van der Waals surface area contributed by atoms with Gasteiger partial charge >= 0.3 is 6.18 Å². The van der Waals surface area contributed by atoms with Crippen LogP contribution in [0.3, 0.4) is 0 Å². The third-order valence-corrected chi connectivity index (χ3v) is 3.62. The third kappa shape index (κ3) is 3.77. The van der Waals surface area contributed by atoms with Crippen LogP contribution in [0, 0.1) is 0 Å². The molecule has 0 spiro atoms. The molecule has 0 saturated carbocycles. The maximum absolute atomic E-state index is 12.6. The zero-order valence-electron chi connectivity index (χ0n) is 10.5. The van der Waals surface area contributed by atoms with Crippen LogP contribution in [0.15, 0.2) is 42.5 Å². The summed E-state index contributed by atoms with van der Waals surface area (Å²) in [5.74, 6) is -0.476. The Morgan fingerprint density at radius 3 is 2.14 bits per heavy atom. The Hall–Kier alpha value is -1.52. The molecule has 0 aliphatic carbocycles. The number of carbonyl (C=O) groups is 1. The summed E-state index contributed by atoms with van der Waals surface area (Å²) in [7, 11) is 0. The first-order valence-corrected chi connectivity index (χ1v) is 6.68. The van der Waals surface area contributed by atoms with E-state index in [1.165, 1.54) is 12.1 Å². The first-order chi connectivity index (χ1) is 9.79. The van der Waals surface area contributed by atoms with Crippen LogP contribution in [-0.2, 0) is 12.6 Å². The van der Waals surface area contributed by atoms with E-state index in [2.05, 4.69) is 0 Å². The van der Waals surface area contributed by atoms with E-state index in [4.69, 9.17) is 23.2 Å². The third-order valence-electron chi connectivity index (χ3n) is 2.91. The predicted molar refractivity (Wildman–Crippen MR) is 75.9 cm³/mol. The van der Waals surface area contributed by atoms with Gasteiger partial charge < -0.3 is 0 Å². The number of hydrogen-bond acceptors (Lipinski definition) is 1. The molecule has 110 valence electrons. The van der Waals surface area contributed by atoms with Gasteiger partial charge in [-0.1, -0.05) is 41.4 Å². The molecule has 2 aromatic rings. The number of alkyl halides is 3. The van der Waals surface area contributed by atoms with Crippen LogP contribution in [0.1, 0.15) is 21.5 Å². The minimum atomic E-state index is -4.49. The molecule has 6 heteroatoms. The lowest BCUT2D eigenvalue weighted by Gasteiger charge is -2.09. The maximum Gasteiger partial charge on any atom is 0.416 e. The fourth-order valence-corrected chi connectivity index (χ4v) is 2.36. The van der Waals surface area contributed by atoms with E-state index in [-0.39, 0.29) is 12.0 Å². The van der Waals surface area contributed by atoms with Crippen molar-refractivity contribution in [3.63, 3.8) is 0 Å². The van der Waals surface area contributed by atoms with E-state index in [0.29, 0.717) is 15.6 Å². The summed E-state index contributed by atoms with van der Waals surface area (Å²) in [6.07, 6.45) is -4.64. The molecule has 21 heavy (non-hydrogen) atoms. The predicted octanol–water partition coefficient (Wildman–Crippen LogP) is 5.44. The minimum Gasteiger partial charge on any atom is -0.294 e. The number of benzene rings is 2. The zero-order valence-corrected chi connectivity index (χ0v) is 12.1. The van der Waals surface area contributed by atoms with Crippen molar-refractivity contribution >= 4 is 29.0 Å². The molecule has 2 rings (SSSR count). The van der Waals surface area contributed by atoms with Crippen LogP contribution in [0.5, 0.6) is 0 Å². The molecule has 0 radical (unpaired) electrons. The van der Waals surface area contributed by atoms with Gasteiger partial charge in [-0.05, 0) is 29.8 Å². The van der Waals surface area contributed by atoms with Gasteiger partial charge in [0.1, 0.15) is 0 Å². The standard InChI is InChI=1S/C15H9Cl2F3O/c16-12-5-2-6-13(17)11(12)8-14(21)9-3-1-4-10(7-9)15(18,19)20/h1-7H,8H2. The topological polar surface area (TPSA) is 17.1 Å². The van der Waals surface area contributed by atoms with Gasteiger partial charge in [0.2, 0.25) is 0 Å². The fraction of sp³-hybridized carbons (Fsp3) is 0.133. The molecule has 0 atom stereocenters. The first kappa shape index (κ1) is 15.9. The van der Waals surface area contributed by atoms with Gasteiger partial charge in [-0.15, -0.1) is 0 Å². The van der Waals surface area contributed by atoms with E-state index in [0.717, 1.165) is 12.1 Å². The number of carbonyl (C=O) groups excluding carboxylic acids is 1. The summed E-state index contributed by atoms with van der Waals surface area (Å²) in [6, 6.07) is 9.05. The summed E-state index contributed by atoms with van der Waals surface area (Å²) in [5.41, 5.74) is -0.484. The van der Waals surface area contributed by atoms with Gasteiger partial charge in [-0.2, -0.15) is 13.2 Å². The van der Waals surface area contributed by atoms with Crippen LogP contribution in [-0.4, -0.2) is 5.78 Å². The van der Waals surface area contributed by atoms with Crippen LogP contribution in [0.2, 0.25) is 10.0 Å². The maximum atomic E-state index is 12.6. The smallest absolute Gasteiger partial charge is 0.294 e. The van der Waals surface area contributed by atoms with Crippen molar-refractivity contribution in [2.45, 2.75) is 12.6 Å². The van der Waals surface area contributed by atoms with Gasteiger partial charge in [-0.3, -0.25) is 4.79 Å².